The molecule has 0 heterocycles. The maximum absolute atomic E-state index is 13.5. The molecule has 0 spiro atoms. The minimum absolute atomic E-state index is 0.159. The van der Waals surface area contributed by atoms with Crippen molar-refractivity contribution in [1.82, 2.24) is 0 Å². The van der Waals surface area contributed by atoms with Gasteiger partial charge in [-0.1, -0.05) is 36.4 Å². The summed E-state index contributed by atoms with van der Waals surface area (Å²) in [5.41, 5.74) is 7.33. The highest BCUT2D eigenvalue weighted by atomic mass is 19.1. The fourth-order valence-corrected chi connectivity index (χ4v) is 2.13. The van der Waals surface area contributed by atoms with E-state index in [4.69, 9.17) is 10.5 Å². The van der Waals surface area contributed by atoms with Crippen LogP contribution in [0.2, 0.25) is 0 Å². The van der Waals surface area contributed by atoms with Crippen LogP contribution in [0, 0.1) is 5.82 Å². The molecule has 2 aromatic rings. The van der Waals surface area contributed by atoms with Crippen LogP contribution in [0.1, 0.15) is 24.0 Å². The van der Waals surface area contributed by atoms with Crippen molar-refractivity contribution in [3.63, 3.8) is 0 Å². The van der Waals surface area contributed by atoms with Gasteiger partial charge in [-0.2, -0.15) is 0 Å². The van der Waals surface area contributed by atoms with E-state index < -0.39 is 0 Å². The summed E-state index contributed by atoms with van der Waals surface area (Å²) in [6.45, 7) is 0.745. The molecule has 20 heavy (non-hydrogen) atoms. The topological polar surface area (TPSA) is 35.2 Å². The average Bonchev–Trinajstić information content (AvgIpc) is 2.48. The van der Waals surface area contributed by atoms with Gasteiger partial charge in [-0.3, -0.25) is 0 Å². The number of benzene rings is 2. The van der Waals surface area contributed by atoms with Crippen molar-refractivity contribution >= 4 is 0 Å². The van der Waals surface area contributed by atoms with E-state index in [1.807, 2.05) is 18.2 Å². The quantitative estimate of drug-likeness (QED) is 0.781. The lowest BCUT2D eigenvalue weighted by Gasteiger charge is -2.10. The molecule has 106 valence electrons. The van der Waals surface area contributed by atoms with Crippen molar-refractivity contribution in [2.45, 2.75) is 25.8 Å². The van der Waals surface area contributed by atoms with Gasteiger partial charge < -0.3 is 10.5 Å². The van der Waals surface area contributed by atoms with E-state index in [9.17, 15) is 4.39 Å². The van der Waals surface area contributed by atoms with Crippen LogP contribution in [-0.4, -0.2) is 6.61 Å². The molecule has 0 unspecified atom stereocenters. The summed E-state index contributed by atoms with van der Waals surface area (Å²) in [7, 11) is 0. The molecule has 0 saturated carbocycles. The van der Waals surface area contributed by atoms with Crippen molar-refractivity contribution in [1.29, 1.82) is 0 Å². The Kier molecular flexibility index (Phi) is 5.56. The molecule has 0 amide bonds. The molecule has 2 rings (SSSR count). The number of halogens is 1. The molecule has 0 saturated heterocycles. The van der Waals surface area contributed by atoms with E-state index in [1.54, 1.807) is 12.1 Å². The number of hydrogen-bond donors (Lipinski definition) is 1. The van der Waals surface area contributed by atoms with E-state index in [2.05, 4.69) is 12.1 Å². The van der Waals surface area contributed by atoms with Crippen LogP contribution >= 0.6 is 0 Å². The molecule has 0 atom stereocenters. The Hall–Kier alpha value is -1.87. The molecule has 0 aliphatic heterocycles. The second-order valence-electron chi connectivity index (χ2n) is 4.71. The molecule has 0 bridgehead atoms. The molecule has 0 aromatic heterocycles. The Morgan fingerprint density at radius 2 is 1.75 bits per heavy atom. The van der Waals surface area contributed by atoms with Gasteiger partial charge >= 0.3 is 0 Å². The minimum atomic E-state index is -0.297. The Balaban J connectivity index is 1.75. The standard InChI is InChI=1S/C17H20FNO/c18-16-10-6-11-17(15(16)13-19)20-12-5-4-9-14-7-2-1-3-8-14/h1-3,6-8,10-11H,4-5,9,12-13,19H2. The van der Waals surface area contributed by atoms with Gasteiger partial charge in [-0.15, -0.1) is 0 Å². The molecule has 3 heteroatoms. The van der Waals surface area contributed by atoms with Gasteiger partial charge in [0.25, 0.3) is 0 Å². The Morgan fingerprint density at radius 3 is 2.50 bits per heavy atom. The predicted octanol–water partition coefficient (Wildman–Crippen LogP) is 3.69. The summed E-state index contributed by atoms with van der Waals surface area (Å²) < 4.78 is 19.1. The first-order valence-electron chi connectivity index (χ1n) is 6.95. The number of hydrogen-bond acceptors (Lipinski definition) is 2. The van der Waals surface area contributed by atoms with E-state index >= 15 is 0 Å². The van der Waals surface area contributed by atoms with E-state index in [1.165, 1.54) is 11.6 Å². The van der Waals surface area contributed by atoms with Gasteiger partial charge in [0.05, 0.1) is 6.61 Å². The Morgan fingerprint density at radius 1 is 0.950 bits per heavy atom. The third-order valence-corrected chi connectivity index (χ3v) is 3.24. The lowest BCUT2D eigenvalue weighted by Crippen LogP contribution is -2.06. The van der Waals surface area contributed by atoms with Gasteiger partial charge in [0.2, 0.25) is 0 Å². The highest BCUT2D eigenvalue weighted by Gasteiger charge is 2.07. The van der Waals surface area contributed by atoms with Crippen LogP contribution in [0.3, 0.4) is 0 Å². The van der Waals surface area contributed by atoms with Crippen molar-refractivity contribution in [2.24, 2.45) is 5.73 Å². The monoisotopic (exact) mass is 273 g/mol. The first kappa shape index (κ1) is 14.5. The van der Waals surface area contributed by atoms with Gasteiger partial charge in [0.1, 0.15) is 11.6 Å². The predicted molar refractivity (Wildman–Crippen MR) is 79.2 cm³/mol. The summed E-state index contributed by atoms with van der Waals surface area (Å²) in [5.74, 6) is 0.265. The fourth-order valence-electron chi connectivity index (χ4n) is 2.13. The Labute approximate surface area is 119 Å². The number of unbranched alkanes of at least 4 members (excludes halogenated alkanes) is 1. The van der Waals surface area contributed by atoms with E-state index in [0.717, 1.165) is 19.3 Å². The van der Waals surface area contributed by atoms with E-state index in [0.29, 0.717) is 17.9 Å². The normalized spacial score (nSPS) is 10.5. The van der Waals surface area contributed by atoms with Gasteiger partial charge in [-0.05, 0) is 37.0 Å². The zero-order chi connectivity index (χ0) is 14.2. The summed E-state index contributed by atoms with van der Waals surface area (Å²) >= 11 is 0. The number of rotatable bonds is 7. The number of aryl methyl sites for hydroxylation is 1. The SMILES string of the molecule is NCc1c(F)cccc1OCCCCc1ccccc1. The molecule has 2 N–H and O–H groups in total. The van der Waals surface area contributed by atoms with Crippen LogP contribution in [0.15, 0.2) is 48.5 Å². The third-order valence-electron chi connectivity index (χ3n) is 3.24. The van der Waals surface area contributed by atoms with E-state index in [-0.39, 0.29) is 12.4 Å². The van der Waals surface area contributed by atoms with Crippen LogP contribution in [0.4, 0.5) is 4.39 Å². The summed E-state index contributed by atoms with van der Waals surface area (Å²) in [6, 6.07) is 15.2. The minimum Gasteiger partial charge on any atom is -0.493 e. The average molecular weight is 273 g/mol. The van der Waals surface area contributed by atoms with Crippen LogP contribution in [0.5, 0.6) is 5.75 Å². The molecule has 0 fully saturated rings. The molecule has 0 radical (unpaired) electrons. The fraction of sp³-hybridized carbons (Fsp3) is 0.294. The molecule has 2 aromatic carbocycles. The van der Waals surface area contributed by atoms with Gasteiger partial charge in [-0.25, -0.2) is 4.39 Å². The first-order valence-corrected chi connectivity index (χ1v) is 6.95. The summed E-state index contributed by atoms with van der Waals surface area (Å²) in [6.07, 6.45) is 3.03. The smallest absolute Gasteiger partial charge is 0.131 e. The maximum atomic E-state index is 13.5. The summed E-state index contributed by atoms with van der Waals surface area (Å²) in [5, 5.41) is 0. The molecule has 2 nitrogen and oxygen atoms in total. The second kappa shape index (κ2) is 7.65. The van der Waals surface area contributed by atoms with Gasteiger partial charge in [0, 0.05) is 12.1 Å². The van der Waals surface area contributed by atoms with Crippen molar-refractivity contribution in [2.75, 3.05) is 6.61 Å². The number of ether oxygens (including phenoxy) is 1. The number of nitrogens with two attached hydrogens (primary N) is 1. The third kappa shape index (κ3) is 4.07. The highest BCUT2D eigenvalue weighted by Crippen LogP contribution is 2.21. The van der Waals surface area contributed by atoms with Crippen molar-refractivity contribution in [3.05, 3.63) is 65.5 Å². The second-order valence-corrected chi connectivity index (χ2v) is 4.71. The zero-order valence-electron chi connectivity index (χ0n) is 11.5. The van der Waals surface area contributed by atoms with Crippen LogP contribution < -0.4 is 10.5 Å². The summed E-state index contributed by atoms with van der Waals surface area (Å²) in [4.78, 5) is 0. The van der Waals surface area contributed by atoms with Gasteiger partial charge in [0.15, 0.2) is 0 Å². The first-order chi connectivity index (χ1) is 9.81. The molecular weight excluding hydrogens is 253 g/mol. The Bertz CT molecular complexity index is 528. The molecular formula is C17H20FNO. The van der Waals surface area contributed by atoms with Crippen molar-refractivity contribution in [3.8, 4) is 5.75 Å². The van der Waals surface area contributed by atoms with Crippen LogP contribution in [-0.2, 0) is 13.0 Å². The highest BCUT2D eigenvalue weighted by molar-refractivity contribution is 5.34. The molecule has 0 aliphatic rings. The lowest BCUT2D eigenvalue weighted by molar-refractivity contribution is 0.302. The molecule has 0 aliphatic carbocycles. The largest absolute Gasteiger partial charge is 0.493 e. The lowest BCUT2D eigenvalue weighted by atomic mass is 10.1. The van der Waals surface area contributed by atoms with Crippen LogP contribution in [0.25, 0.3) is 0 Å². The van der Waals surface area contributed by atoms with Crippen molar-refractivity contribution < 1.29 is 9.13 Å². The maximum Gasteiger partial charge on any atom is 0.131 e. The zero-order valence-corrected chi connectivity index (χ0v) is 11.5.